The molecule has 1 unspecified atom stereocenters. The number of hydrogen-bond acceptors (Lipinski definition) is 3. The highest BCUT2D eigenvalue weighted by atomic mass is 31.2. The third kappa shape index (κ3) is 5.74. The number of fused-ring (bicyclic) bond motifs is 1. The minimum Gasteiger partial charge on any atom is -0.347 e. The summed E-state index contributed by atoms with van der Waals surface area (Å²) >= 11 is 0. The van der Waals surface area contributed by atoms with Crippen LogP contribution in [0.4, 0.5) is 0 Å². The number of benzene rings is 3. The molecule has 0 fully saturated rings. The number of hydrogen-bond donors (Lipinski definition) is 3. The Kier molecular flexibility index (Phi) is 6.04. The van der Waals surface area contributed by atoms with E-state index < -0.39 is 13.9 Å². The normalized spacial score (nSPS) is 12.7. The fourth-order valence-electron chi connectivity index (χ4n) is 2.84. The average Bonchev–Trinajstić information content (AvgIpc) is 2.66. The van der Waals surface area contributed by atoms with Crippen molar-refractivity contribution in [2.75, 3.05) is 6.61 Å². The minimum absolute atomic E-state index is 0.293. The standard InChI is InChI=1S/C20H20NO5P/c22-20(18-11-10-16-8-4-5-9-17(16)13-18)21-19(14-26-27(23,24)25)12-15-6-2-1-3-7-15/h1-11,13,19H,12,14H2,(H,21,22)(H2,23,24,25). The Morgan fingerprint density at radius 1 is 0.963 bits per heavy atom. The van der Waals surface area contributed by atoms with E-state index in [0.717, 1.165) is 16.3 Å². The zero-order valence-corrected chi connectivity index (χ0v) is 15.4. The number of amides is 1. The van der Waals surface area contributed by atoms with E-state index in [9.17, 15) is 9.36 Å². The SMILES string of the molecule is O=C(NC(COP(=O)(O)O)Cc1ccccc1)c1ccc2ccccc2c1. The van der Waals surface area contributed by atoms with Crippen LogP contribution in [0.2, 0.25) is 0 Å². The molecule has 0 aromatic heterocycles. The third-order valence-electron chi connectivity index (χ3n) is 4.12. The van der Waals surface area contributed by atoms with Crippen LogP contribution in [0.15, 0.2) is 72.8 Å². The van der Waals surface area contributed by atoms with Crippen molar-refractivity contribution in [1.82, 2.24) is 5.32 Å². The molecule has 3 N–H and O–H groups in total. The Hall–Kier alpha value is -2.50. The summed E-state index contributed by atoms with van der Waals surface area (Å²) in [5.41, 5.74) is 1.40. The Morgan fingerprint density at radius 3 is 2.33 bits per heavy atom. The van der Waals surface area contributed by atoms with Gasteiger partial charge in [-0.25, -0.2) is 4.57 Å². The van der Waals surface area contributed by atoms with Crippen molar-refractivity contribution in [3.05, 3.63) is 83.9 Å². The second-order valence-corrected chi connectivity index (χ2v) is 7.45. The maximum absolute atomic E-state index is 12.7. The van der Waals surface area contributed by atoms with Gasteiger partial charge in [0.25, 0.3) is 5.91 Å². The number of phosphoric ester groups is 1. The summed E-state index contributed by atoms with van der Waals surface area (Å²) in [6.07, 6.45) is 0.389. The van der Waals surface area contributed by atoms with Crippen molar-refractivity contribution >= 4 is 24.5 Å². The number of rotatable bonds is 7. The van der Waals surface area contributed by atoms with Gasteiger partial charge in [-0.3, -0.25) is 9.32 Å². The lowest BCUT2D eigenvalue weighted by molar-refractivity contribution is 0.0909. The molecule has 0 radical (unpaired) electrons. The van der Waals surface area contributed by atoms with Gasteiger partial charge >= 0.3 is 7.82 Å². The molecule has 3 aromatic rings. The summed E-state index contributed by atoms with van der Waals surface area (Å²) in [4.78, 5) is 30.6. The van der Waals surface area contributed by atoms with E-state index in [1.54, 1.807) is 12.1 Å². The highest BCUT2D eigenvalue weighted by Gasteiger charge is 2.21. The van der Waals surface area contributed by atoms with E-state index in [1.807, 2.05) is 60.7 Å². The molecule has 0 aliphatic rings. The van der Waals surface area contributed by atoms with Gasteiger partial charge in [0, 0.05) is 5.56 Å². The molecule has 7 heteroatoms. The van der Waals surface area contributed by atoms with Gasteiger partial charge in [0.05, 0.1) is 12.6 Å². The Balaban J connectivity index is 1.76. The van der Waals surface area contributed by atoms with Gasteiger partial charge in [-0.2, -0.15) is 0 Å². The molecular weight excluding hydrogens is 365 g/mol. The highest BCUT2D eigenvalue weighted by molar-refractivity contribution is 7.46. The molecule has 0 bridgehead atoms. The predicted molar refractivity (Wildman–Crippen MR) is 103 cm³/mol. The summed E-state index contributed by atoms with van der Waals surface area (Å²) in [5.74, 6) is -0.323. The van der Waals surface area contributed by atoms with Crippen LogP contribution in [0.1, 0.15) is 15.9 Å². The van der Waals surface area contributed by atoms with Gasteiger partial charge in [0.2, 0.25) is 0 Å². The lowest BCUT2D eigenvalue weighted by Gasteiger charge is -2.19. The quantitative estimate of drug-likeness (QED) is 0.543. The number of phosphoric acid groups is 1. The monoisotopic (exact) mass is 385 g/mol. The summed E-state index contributed by atoms with van der Waals surface area (Å²) in [6, 6.07) is 21.9. The number of carbonyl (C=O) groups is 1. The second-order valence-electron chi connectivity index (χ2n) is 6.21. The molecule has 0 saturated carbocycles. The zero-order chi connectivity index (χ0) is 19.3. The number of carbonyl (C=O) groups excluding carboxylic acids is 1. The molecule has 0 spiro atoms. The van der Waals surface area contributed by atoms with E-state index in [0.29, 0.717) is 12.0 Å². The highest BCUT2D eigenvalue weighted by Crippen LogP contribution is 2.35. The van der Waals surface area contributed by atoms with Crippen molar-refractivity contribution < 1.29 is 23.7 Å². The fourth-order valence-corrected chi connectivity index (χ4v) is 3.21. The summed E-state index contributed by atoms with van der Waals surface area (Å²) in [5, 5.41) is 4.78. The van der Waals surface area contributed by atoms with E-state index in [1.165, 1.54) is 0 Å². The lowest BCUT2D eigenvalue weighted by Crippen LogP contribution is -2.39. The van der Waals surface area contributed by atoms with Crippen LogP contribution in [0.25, 0.3) is 10.8 Å². The molecule has 1 amide bonds. The maximum Gasteiger partial charge on any atom is 0.469 e. The summed E-state index contributed by atoms with van der Waals surface area (Å²) < 4.78 is 15.7. The molecular formula is C20H20NO5P. The lowest BCUT2D eigenvalue weighted by atomic mass is 10.0. The van der Waals surface area contributed by atoms with Crippen LogP contribution in [0.3, 0.4) is 0 Å². The topological polar surface area (TPSA) is 95.9 Å². The van der Waals surface area contributed by atoms with Gasteiger partial charge < -0.3 is 15.1 Å². The first kappa shape index (κ1) is 19.3. The molecule has 0 aliphatic carbocycles. The predicted octanol–water partition coefficient (Wildman–Crippen LogP) is 3.29. The molecule has 1 atom stereocenters. The van der Waals surface area contributed by atoms with E-state index in [4.69, 9.17) is 9.79 Å². The molecule has 0 aliphatic heterocycles. The van der Waals surface area contributed by atoms with Crippen LogP contribution in [0.5, 0.6) is 0 Å². The van der Waals surface area contributed by atoms with Crippen LogP contribution >= 0.6 is 7.82 Å². The first-order valence-electron chi connectivity index (χ1n) is 8.44. The maximum atomic E-state index is 12.7. The van der Waals surface area contributed by atoms with E-state index >= 15 is 0 Å². The number of nitrogens with one attached hydrogen (secondary N) is 1. The first-order valence-corrected chi connectivity index (χ1v) is 9.97. The van der Waals surface area contributed by atoms with Crippen molar-refractivity contribution in [2.45, 2.75) is 12.5 Å². The smallest absolute Gasteiger partial charge is 0.347 e. The Morgan fingerprint density at radius 2 is 1.63 bits per heavy atom. The molecule has 27 heavy (non-hydrogen) atoms. The van der Waals surface area contributed by atoms with Gasteiger partial charge in [-0.15, -0.1) is 0 Å². The van der Waals surface area contributed by atoms with Gasteiger partial charge in [-0.1, -0.05) is 60.7 Å². The Bertz CT molecular complexity index is 970. The molecule has 140 valence electrons. The van der Waals surface area contributed by atoms with Gasteiger partial charge in [-0.05, 0) is 34.9 Å². The first-order chi connectivity index (χ1) is 12.9. The van der Waals surface area contributed by atoms with Crippen molar-refractivity contribution in [3.8, 4) is 0 Å². The third-order valence-corrected chi connectivity index (χ3v) is 4.60. The van der Waals surface area contributed by atoms with Crippen LogP contribution in [-0.2, 0) is 15.5 Å². The minimum atomic E-state index is -4.62. The van der Waals surface area contributed by atoms with Crippen molar-refractivity contribution in [3.63, 3.8) is 0 Å². The average molecular weight is 385 g/mol. The Labute approximate surface area is 157 Å². The fraction of sp³-hybridized carbons (Fsp3) is 0.150. The van der Waals surface area contributed by atoms with Crippen LogP contribution in [0, 0.1) is 0 Å². The van der Waals surface area contributed by atoms with Crippen LogP contribution in [-0.4, -0.2) is 28.3 Å². The largest absolute Gasteiger partial charge is 0.469 e. The van der Waals surface area contributed by atoms with Crippen molar-refractivity contribution in [1.29, 1.82) is 0 Å². The zero-order valence-electron chi connectivity index (χ0n) is 14.5. The molecule has 6 nitrogen and oxygen atoms in total. The van der Waals surface area contributed by atoms with Gasteiger partial charge in [0.15, 0.2) is 0 Å². The molecule has 0 heterocycles. The molecule has 3 aromatic carbocycles. The molecule has 0 saturated heterocycles. The molecule has 3 rings (SSSR count). The van der Waals surface area contributed by atoms with Gasteiger partial charge in [0.1, 0.15) is 0 Å². The van der Waals surface area contributed by atoms with Crippen molar-refractivity contribution in [2.24, 2.45) is 0 Å². The summed E-state index contributed by atoms with van der Waals surface area (Å²) in [6.45, 7) is -0.293. The van der Waals surface area contributed by atoms with Crippen LogP contribution < -0.4 is 5.32 Å². The van der Waals surface area contributed by atoms with E-state index in [-0.39, 0.29) is 12.5 Å². The van der Waals surface area contributed by atoms with E-state index in [2.05, 4.69) is 9.84 Å². The summed E-state index contributed by atoms with van der Waals surface area (Å²) in [7, 11) is -4.62. The second kappa shape index (κ2) is 8.46.